The second-order valence-corrected chi connectivity index (χ2v) is 11.5. The molecule has 240 valence electrons. The van der Waals surface area contributed by atoms with Crippen LogP contribution < -0.4 is 10.6 Å². The highest BCUT2D eigenvalue weighted by molar-refractivity contribution is 6.01. The molecule has 2 aromatic heterocycles. The Morgan fingerprint density at radius 2 is 1.13 bits per heavy atom. The average molecular weight is 617 g/mol. The number of rotatable bonds is 12. The zero-order chi connectivity index (χ0) is 33.0. The van der Waals surface area contributed by atoms with E-state index in [1.165, 1.54) is 14.2 Å². The van der Waals surface area contributed by atoms with Gasteiger partial charge >= 0.3 is 11.9 Å². The standard InChI is InChI=1S/C35H44N4O6/c1-9-22-21(6)34(42)39-29(22)16-27-20(5)25(12-14-33(41)45-8)31(37-27)17-30-24(11-13-32(40)44-7)19(4)26(36-30)15-28-18(3)23(10-2)35(43)38-28/h15-16,36-37H,9-14,17H2,1-8H3,(H,38,43)(H,39,42)/b28-15+,29-16+. The van der Waals surface area contributed by atoms with E-state index < -0.39 is 0 Å². The number of aromatic amines is 2. The Bertz CT molecular complexity index is 1680. The minimum atomic E-state index is -0.298. The van der Waals surface area contributed by atoms with Crippen LogP contribution in [0.2, 0.25) is 0 Å². The van der Waals surface area contributed by atoms with Crippen LogP contribution in [0.3, 0.4) is 0 Å². The lowest BCUT2D eigenvalue weighted by Crippen LogP contribution is -2.16. The Morgan fingerprint density at radius 3 is 1.58 bits per heavy atom. The third-order valence-electron chi connectivity index (χ3n) is 9.01. The van der Waals surface area contributed by atoms with E-state index >= 15 is 0 Å². The van der Waals surface area contributed by atoms with E-state index in [1.807, 2.05) is 53.7 Å². The van der Waals surface area contributed by atoms with Gasteiger partial charge in [-0.2, -0.15) is 0 Å². The molecule has 0 unspecified atom stereocenters. The molecule has 0 atom stereocenters. The molecule has 0 fully saturated rings. The summed E-state index contributed by atoms with van der Waals surface area (Å²) in [6, 6.07) is 0. The maximum Gasteiger partial charge on any atom is 0.305 e. The van der Waals surface area contributed by atoms with Crippen LogP contribution in [0.25, 0.3) is 12.2 Å². The predicted octanol–water partition coefficient (Wildman–Crippen LogP) is 5.16. The zero-order valence-corrected chi connectivity index (χ0v) is 27.6. The molecule has 10 nitrogen and oxygen atoms in total. The van der Waals surface area contributed by atoms with Crippen molar-refractivity contribution in [3.63, 3.8) is 0 Å². The van der Waals surface area contributed by atoms with Gasteiger partial charge in [0, 0.05) is 64.6 Å². The molecule has 2 aliphatic rings. The largest absolute Gasteiger partial charge is 0.469 e. The van der Waals surface area contributed by atoms with Crippen molar-refractivity contribution in [2.75, 3.05) is 14.2 Å². The minimum Gasteiger partial charge on any atom is -0.469 e. The smallest absolute Gasteiger partial charge is 0.305 e. The van der Waals surface area contributed by atoms with Crippen molar-refractivity contribution < 1.29 is 28.7 Å². The number of allylic oxidation sites excluding steroid dienone is 2. The van der Waals surface area contributed by atoms with Crippen molar-refractivity contribution in [3.05, 3.63) is 78.7 Å². The lowest BCUT2D eigenvalue weighted by molar-refractivity contribution is -0.141. The van der Waals surface area contributed by atoms with Crippen LogP contribution in [0.15, 0.2) is 33.7 Å². The average Bonchev–Trinajstić information content (AvgIpc) is 3.66. The van der Waals surface area contributed by atoms with Crippen molar-refractivity contribution in [2.45, 2.75) is 86.5 Å². The molecular weight excluding hydrogens is 572 g/mol. The minimum absolute atomic E-state index is 0.0786. The van der Waals surface area contributed by atoms with Crippen LogP contribution in [-0.2, 0) is 47.9 Å². The molecule has 0 radical (unpaired) electrons. The fourth-order valence-corrected chi connectivity index (χ4v) is 6.24. The van der Waals surface area contributed by atoms with Crippen LogP contribution >= 0.6 is 0 Å². The van der Waals surface area contributed by atoms with Crippen molar-refractivity contribution in [1.29, 1.82) is 0 Å². The molecule has 0 spiro atoms. The summed E-state index contributed by atoms with van der Waals surface area (Å²) in [5.74, 6) is -0.770. The first kappa shape index (κ1) is 33.3. The SMILES string of the molecule is CCC1=C(C)/C(=C\c2[nH]c(Cc3[nH]c(/C=C4/NC(=O)C(C)=C4CC)c(C)c3CCC(=O)OC)c(CCC(=O)OC)c2C)NC1=O. The van der Waals surface area contributed by atoms with E-state index in [0.29, 0.717) is 31.3 Å². The molecule has 0 aliphatic carbocycles. The molecule has 10 heteroatoms. The lowest BCUT2D eigenvalue weighted by atomic mass is 9.98. The molecule has 2 aliphatic heterocycles. The van der Waals surface area contributed by atoms with Gasteiger partial charge in [-0.1, -0.05) is 13.8 Å². The van der Waals surface area contributed by atoms with Crippen molar-refractivity contribution in [3.8, 4) is 0 Å². The first-order valence-corrected chi connectivity index (χ1v) is 15.4. The third kappa shape index (κ3) is 6.90. The number of carbonyl (C=O) groups excluding carboxylic acids is 4. The topological polar surface area (TPSA) is 142 Å². The van der Waals surface area contributed by atoms with Gasteiger partial charge in [0.05, 0.1) is 14.2 Å². The quantitative estimate of drug-likeness (QED) is 0.243. The predicted molar refractivity (Wildman–Crippen MR) is 173 cm³/mol. The number of aromatic nitrogens is 2. The van der Waals surface area contributed by atoms with Crippen LogP contribution in [0, 0.1) is 13.8 Å². The first-order chi connectivity index (χ1) is 21.4. The molecule has 0 saturated carbocycles. The second kappa shape index (κ2) is 14.0. The van der Waals surface area contributed by atoms with Gasteiger partial charge in [0.1, 0.15) is 0 Å². The number of hydrogen-bond acceptors (Lipinski definition) is 6. The summed E-state index contributed by atoms with van der Waals surface area (Å²) < 4.78 is 9.86. The number of nitrogens with one attached hydrogen (secondary N) is 4. The number of ether oxygens (including phenoxy) is 2. The molecule has 2 amide bonds. The molecule has 4 rings (SSSR count). The fraction of sp³-hybridized carbons (Fsp3) is 0.429. The lowest BCUT2D eigenvalue weighted by Gasteiger charge is -2.08. The van der Waals surface area contributed by atoms with Gasteiger partial charge in [0.2, 0.25) is 0 Å². The van der Waals surface area contributed by atoms with E-state index in [4.69, 9.17) is 9.47 Å². The van der Waals surface area contributed by atoms with E-state index in [-0.39, 0.29) is 36.6 Å². The summed E-state index contributed by atoms with van der Waals surface area (Å²) in [6.45, 7) is 11.8. The van der Waals surface area contributed by atoms with Gasteiger partial charge in [-0.3, -0.25) is 19.2 Å². The Kier molecular flexibility index (Phi) is 10.4. The molecule has 0 aromatic carbocycles. The second-order valence-electron chi connectivity index (χ2n) is 11.5. The number of amides is 2. The molecule has 45 heavy (non-hydrogen) atoms. The Labute approximate surface area is 264 Å². The number of esters is 2. The number of carbonyl (C=O) groups is 4. The van der Waals surface area contributed by atoms with Crippen LogP contribution in [0.5, 0.6) is 0 Å². The number of H-pyrrole nitrogens is 2. The fourth-order valence-electron chi connectivity index (χ4n) is 6.24. The van der Waals surface area contributed by atoms with E-state index in [2.05, 4.69) is 20.6 Å². The normalized spacial score (nSPS) is 16.7. The van der Waals surface area contributed by atoms with E-state index in [9.17, 15) is 19.2 Å². The summed E-state index contributed by atoms with van der Waals surface area (Å²) in [5.41, 5.74) is 12.4. The highest BCUT2D eigenvalue weighted by Crippen LogP contribution is 2.32. The van der Waals surface area contributed by atoms with Crippen molar-refractivity contribution >= 4 is 35.9 Å². The summed E-state index contributed by atoms with van der Waals surface area (Å²) in [6.07, 6.45) is 7.13. The van der Waals surface area contributed by atoms with Gasteiger partial charge in [-0.25, -0.2) is 0 Å². The summed E-state index contributed by atoms with van der Waals surface area (Å²) in [4.78, 5) is 56.4. The zero-order valence-electron chi connectivity index (χ0n) is 27.6. The summed E-state index contributed by atoms with van der Waals surface area (Å²) >= 11 is 0. The van der Waals surface area contributed by atoms with Gasteiger partial charge in [0.15, 0.2) is 0 Å². The summed E-state index contributed by atoms with van der Waals surface area (Å²) in [7, 11) is 2.76. The van der Waals surface area contributed by atoms with Gasteiger partial charge < -0.3 is 30.1 Å². The van der Waals surface area contributed by atoms with Gasteiger partial charge in [0.25, 0.3) is 11.8 Å². The van der Waals surface area contributed by atoms with Crippen LogP contribution in [0.4, 0.5) is 0 Å². The van der Waals surface area contributed by atoms with Crippen molar-refractivity contribution in [2.24, 2.45) is 0 Å². The molecule has 0 bridgehead atoms. The van der Waals surface area contributed by atoms with E-state index in [1.54, 1.807) is 0 Å². The highest BCUT2D eigenvalue weighted by Gasteiger charge is 2.26. The van der Waals surface area contributed by atoms with Crippen LogP contribution in [0.1, 0.15) is 98.4 Å². The monoisotopic (exact) mass is 616 g/mol. The Hall–Kier alpha value is -4.60. The molecule has 4 heterocycles. The molecule has 4 N–H and O–H groups in total. The van der Waals surface area contributed by atoms with E-state index in [0.717, 1.165) is 79.6 Å². The maximum atomic E-state index is 12.5. The number of hydrogen-bond donors (Lipinski definition) is 4. The number of methoxy groups -OCH3 is 2. The first-order valence-electron chi connectivity index (χ1n) is 15.4. The third-order valence-corrected chi connectivity index (χ3v) is 9.01. The van der Waals surface area contributed by atoms with Gasteiger partial charge in [-0.05, 0) is 98.9 Å². The summed E-state index contributed by atoms with van der Waals surface area (Å²) in [5, 5.41) is 5.97. The molecule has 0 saturated heterocycles. The van der Waals surface area contributed by atoms with Gasteiger partial charge in [-0.15, -0.1) is 0 Å². The molecule has 2 aromatic rings. The Morgan fingerprint density at radius 1 is 0.667 bits per heavy atom. The maximum absolute atomic E-state index is 12.5. The van der Waals surface area contributed by atoms with Crippen molar-refractivity contribution in [1.82, 2.24) is 20.6 Å². The Balaban J connectivity index is 1.80. The highest BCUT2D eigenvalue weighted by atomic mass is 16.5. The van der Waals surface area contributed by atoms with Crippen LogP contribution in [-0.4, -0.2) is 47.9 Å². The molecular formula is C35H44N4O6.